The number of aliphatic hydroxyl groups excluding tert-OH is 1. The van der Waals surface area contributed by atoms with Gasteiger partial charge in [-0.15, -0.1) is 0 Å². The highest BCUT2D eigenvalue weighted by molar-refractivity contribution is 5.18. The fraction of sp³-hybridized carbons (Fsp3) is 0.538. The molecular formula is C13H18FNO2. The zero-order valence-corrected chi connectivity index (χ0v) is 9.73. The van der Waals surface area contributed by atoms with E-state index in [-0.39, 0.29) is 5.82 Å². The van der Waals surface area contributed by atoms with Crippen LogP contribution in [0, 0.1) is 11.7 Å². The van der Waals surface area contributed by atoms with E-state index in [1.165, 1.54) is 12.1 Å². The molecule has 2 unspecified atom stereocenters. The smallest absolute Gasteiger partial charge is 0.123 e. The maximum absolute atomic E-state index is 12.9. The number of hydrogen-bond acceptors (Lipinski definition) is 3. The third-order valence-corrected chi connectivity index (χ3v) is 3.03. The number of halogens is 1. The highest BCUT2D eigenvalue weighted by Gasteiger charge is 2.15. The highest BCUT2D eigenvalue weighted by Crippen LogP contribution is 2.14. The quantitative estimate of drug-likeness (QED) is 0.818. The van der Waals surface area contributed by atoms with Crippen molar-refractivity contribution in [1.82, 2.24) is 5.32 Å². The van der Waals surface area contributed by atoms with Gasteiger partial charge in [0.1, 0.15) is 5.82 Å². The molecule has 0 amide bonds. The molecule has 3 nitrogen and oxygen atoms in total. The lowest BCUT2D eigenvalue weighted by Gasteiger charge is -2.14. The maximum Gasteiger partial charge on any atom is 0.123 e. The van der Waals surface area contributed by atoms with E-state index in [4.69, 9.17) is 4.74 Å². The number of ether oxygens (including phenoxy) is 1. The summed E-state index contributed by atoms with van der Waals surface area (Å²) in [5, 5.41) is 13.1. The Morgan fingerprint density at radius 1 is 1.53 bits per heavy atom. The van der Waals surface area contributed by atoms with Crippen LogP contribution in [0.4, 0.5) is 4.39 Å². The van der Waals surface area contributed by atoms with Gasteiger partial charge in [0, 0.05) is 19.7 Å². The maximum atomic E-state index is 12.9. The molecule has 1 aliphatic rings. The molecule has 0 bridgehead atoms. The molecule has 0 saturated carbocycles. The number of hydrogen-bond donors (Lipinski definition) is 2. The van der Waals surface area contributed by atoms with E-state index in [1.807, 2.05) is 0 Å². The standard InChI is InChI=1S/C13H18FNO2/c14-12-3-1-2-11(6-12)13(16)8-15-7-10-4-5-17-9-10/h1-3,6,10,13,15-16H,4-5,7-9H2. The minimum Gasteiger partial charge on any atom is -0.387 e. The summed E-state index contributed by atoms with van der Waals surface area (Å²) in [5.74, 6) is 0.223. The molecular weight excluding hydrogens is 221 g/mol. The van der Waals surface area contributed by atoms with Gasteiger partial charge in [0.2, 0.25) is 0 Å². The van der Waals surface area contributed by atoms with Gasteiger partial charge in [-0.1, -0.05) is 12.1 Å². The Balaban J connectivity index is 1.74. The predicted octanol–water partition coefficient (Wildman–Crippen LogP) is 1.49. The van der Waals surface area contributed by atoms with Crippen molar-refractivity contribution in [3.05, 3.63) is 35.6 Å². The molecule has 17 heavy (non-hydrogen) atoms. The Bertz CT molecular complexity index is 353. The molecule has 1 aliphatic heterocycles. The van der Waals surface area contributed by atoms with Crippen LogP contribution in [-0.2, 0) is 4.74 Å². The summed E-state index contributed by atoms with van der Waals surface area (Å²) in [6.45, 7) is 2.91. The molecule has 1 heterocycles. The van der Waals surface area contributed by atoms with Gasteiger partial charge in [-0.3, -0.25) is 0 Å². The van der Waals surface area contributed by atoms with Crippen molar-refractivity contribution in [3.8, 4) is 0 Å². The topological polar surface area (TPSA) is 41.5 Å². The minimum absolute atomic E-state index is 0.314. The number of rotatable bonds is 5. The highest BCUT2D eigenvalue weighted by atomic mass is 19.1. The van der Waals surface area contributed by atoms with Crippen LogP contribution in [0.25, 0.3) is 0 Å². The van der Waals surface area contributed by atoms with Crippen molar-refractivity contribution in [1.29, 1.82) is 0 Å². The molecule has 0 spiro atoms. The van der Waals surface area contributed by atoms with E-state index in [0.29, 0.717) is 18.0 Å². The minimum atomic E-state index is -0.659. The molecule has 0 aromatic heterocycles. The van der Waals surface area contributed by atoms with E-state index in [2.05, 4.69) is 5.32 Å². The van der Waals surface area contributed by atoms with Crippen molar-refractivity contribution in [2.75, 3.05) is 26.3 Å². The summed E-state index contributed by atoms with van der Waals surface area (Å²) in [5.41, 5.74) is 0.611. The third kappa shape index (κ3) is 3.77. The van der Waals surface area contributed by atoms with Crippen LogP contribution in [0.1, 0.15) is 18.1 Å². The van der Waals surface area contributed by atoms with E-state index in [1.54, 1.807) is 12.1 Å². The summed E-state index contributed by atoms with van der Waals surface area (Å²) in [6.07, 6.45) is 0.413. The van der Waals surface area contributed by atoms with Gasteiger partial charge in [-0.2, -0.15) is 0 Å². The van der Waals surface area contributed by atoms with Gasteiger partial charge >= 0.3 is 0 Å². The monoisotopic (exact) mass is 239 g/mol. The Labute approximate surface area is 101 Å². The lowest BCUT2D eigenvalue weighted by Crippen LogP contribution is -2.27. The zero-order valence-electron chi connectivity index (χ0n) is 9.73. The molecule has 1 aromatic rings. The largest absolute Gasteiger partial charge is 0.387 e. The van der Waals surface area contributed by atoms with Gasteiger partial charge in [0.25, 0.3) is 0 Å². The summed E-state index contributed by atoms with van der Waals surface area (Å²) in [7, 11) is 0. The molecule has 2 atom stereocenters. The summed E-state index contributed by atoms with van der Waals surface area (Å²) in [6, 6.07) is 6.08. The number of nitrogens with one attached hydrogen (secondary N) is 1. The zero-order chi connectivity index (χ0) is 12.1. The van der Waals surface area contributed by atoms with Crippen molar-refractivity contribution in [3.63, 3.8) is 0 Å². The molecule has 2 rings (SSSR count). The molecule has 1 saturated heterocycles. The fourth-order valence-corrected chi connectivity index (χ4v) is 2.00. The average molecular weight is 239 g/mol. The van der Waals surface area contributed by atoms with E-state index in [0.717, 1.165) is 26.2 Å². The Hall–Kier alpha value is -0.970. The lowest BCUT2D eigenvalue weighted by molar-refractivity contribution is 0.166. The lowest BCUT2D eigenvalue weighted by atomic mass is 10.1. The van der Waals surface area contributed by atoms with Crippen molar-refractivity contribution in [2.45, 2.75) is 12.5 Å². The van der Waals surface area contributed by atoms with Gasteiger partial charge in [-0.05, 0) is 30.0 Å². The van der Waals surface area contributed by atoms with Crippen LogP contribution in [-0.4, -0.2) is 31.4 Å². The van der Waals surface area contributed by atoms with E-state index < -0.39 is 6.10 Å². The first-order chi connectivity index (χ1) is 8.25. The van der Waals surface area contributed by atoms with Crippen molar-refractivity contribution in [2.24, 2.45) is 5.92 Å². The van der Waals surface area contributed by atoms with E-state index >= 15 is 0 Å². The first-order valence-corrected chi connectivity index (χ1v) is 5.97. The first kappa shape index (κ1) is 12.5. The molecule has 0 aliphatic carbocycles. The molecule has 4 heteroatoms. The summed E-state index contributed by atoms with van der Waals surface area (Å²) in [4.78, 5) is 0. The molecule has 0 radical (unpaired) electrons. The van der Waals surface area contributed by atoms with Crippen LogP contribution < -0.4 is 5.32 Å². The second kappa shape index (κ2) is 6.10. The summed E-state index contributed by atoms with van der Waals surface area (Å²) < 4.78 is 18.2. The second-order valence-corrected chi connectivity index (χ2v) is 4.46. The van der Waals surface area contributed by atoms with Crippen LogP contribution in [0.2, 0.25) is 0 Å². The fourth-order valence-electron chi connectivity index (χ4n) is 2.00. The average Bonchev–Trinajstić information content (AvgIpc) is 2.82. The first-order valence-electron chi connectivity index (χ1n) is 5.97. The summed E-state index contributed by atoms with van der Waals surface area (Å²) >= 11 is 0. The Morgan fingerprint density at radius 2 is 2.41 bits per heavy atom. The van der Waals surface area contributed by atoms with Crippen LogP contribution in [0.15, 0.2) is 24.3 Å². The van der Waals surface area contributed by atoms with E-state index in [9.17, 15) is 9.50 Å². The molecule has 1 fully saturated rings. The normalized spacial score (nSPS) is 21.6. The van der Waals surface area contributed by atoms with Gasteiger partial charge in [0.05, 0.1) is 12.7 Å². The Morgan fingerprint density at radius 3 is 3.12 bits per heavy atom. The number of benzene rings is 1. The second-order valence-electron chi connectivity index (χ2n) is 4.46. The van der Waals surface area contributed by atoms with Crippen molar-refractivity contribution >= 4 is 0 Å². The third-order valence-electron chi connectivity index (χ3n) is 3.03. The molecule has 2 N–H and O–H groups in total. The molecule has 1 aromatic carbocycles. The van der Waals surface area contributed by atoms with Gasteiger partial charge in [-0.25, -0.2) is 4.39 Å². The van der Waals surface area contributed by atoms with Crippen LogP contribution >= 0.6 is 0 Å². The van der Waals surface area contributed by atoms with Gasteiger partial charge < -0.3 is 15.2 Å². The Kier molecular flexibility index (Phi) is 4.48. The van der Waals surface area contributed by atoms with Gasteiger partial charge in [0.15, 0.2) is 0 Å². The SMILES string of the molecule is OC(CNCC1CCOC1)c1cccc(F)c1. The van der Waals surface area contributed by atoms with Crippen LogP contribution in [0.5, 0.6) is 0 Å². The predicted molar refractivity (Wildman–Crippen MR) is 63.2 cm³/mol. The van der Waals surface area contributed by atoms with Crippen LogP contribution in [0.3, 0.4) is 0 Å². The number of aliphatic hydroxyl groups is 1. The molecule has 94 valence electrons. The van der Waals surface area contributed by atoms with Crippen molar-refractivity contribution < 1.29 is 14.2 Å².